The van der Waals surface area contributed by atoms with E-state index in [1.54, 1.807) is 18.2 Å². The number of hydrogen-bond acceptors (Lipinski definition) is 11. The van der Waals surface area contributed by atoms with Gasteiger partial charge in [0.05, 0.1) is 26.7 Å². The average Bonchev–Trinajstić information content (AvgIpc) is 3.46. The lowest BCUT2D eigenvalue weighted by molar-refractivity contribution is -0.134. The zero-order chi connectivity index (χ0) is 27.1. The topological polar surface area (TPSA) is 164 Å². The van der Waals surface area contributed by atoms with Crippen LogP contribution in [0.5, 0.6) is 11.5 Å². The van der Waals surface area contributed by atoms with Crippen LogP contribution < -0.4 is 15.2 Å². The van der Waals surface area contributed by atoms with Gasteiger partial charge in [-0.1, -0.05) is 38.7 Å². The molecule has 206 valence electrons. The first-order valence-electron chi connectivity index (χ1n) is 12.8. The third-order valence-corrected chi connectivity index (χ3v) is 6.49. The minimum Gasteiger partial charge on any atom is -0.493 e. The quantitative estimate of drug-likeness (QED) is 0.169. The summed E-state index contributed by atoms with van der Waals surface area (Å²) in [5, 5.41) is 21.1. The molecule has 3 heterocycles. The van der Waals surface area contributed by atoms with Crippen molar-refractivity contribution < 1.29 is 34.0 Å². The molecule has 0 spiro atoms. The Kier molecular flexibility index (Phi) is 9.45. The zero-order valence-electron chi connectivity index (χ0n) is 21.7. The van der Waals surface area contributed by atoms with Gasteiger partial charge in [0.25, 0.3) is 0 Å². The van der Waals surface area contributed by atoms with Crippen LogP contribution in [0, 0.1) is 0 Å². The molecular formula is C26H35N5O7. The number of unbranched alkanes of at least 4 members (excludes halogenated alkanes) is 4. The summed E-state index contributed by atoms with van der Waals surface area (Å²) in [7, 11) is 1.50. The Labute approximate surface area is 220 Å². The predicted octanol–water partition coefficient (Wildman–Crippen LogP) is 2.52. The Morgan fingerprint density at radius 3 is 2.71 bits per heavy atom. The first-order valence-corrected chi connectivity index (χ1v) is 12.8. The number of aliphatic hydroxyl groups is 2. The summed E-state index contributed by atoms with van der Waals surface area (Å²) in [4.78, 5) is 24.4. The van der Waals surface area contributed by atoms with Gasteiger partial charge in [0, 0.05) is 6.42 Å². The number of anilines is 1. The van der Waals surface area contributed by atoms with Crippen LogP contribution in [-0.4, -0.2) is 67.7 Å². The normalized spacial score (nSPS) is 21.2. The van der Waals surface area contributed by atoms with E-state index in [4.69, 9.17) is 24.7 Å². The van der Waals surface area contributed by atoms with Crippen molar-refractivity contribution in [1.82, 2.24) is 19.5 Å². The summed E-state index contributed by atoms with van der Waals surface area (Å²) < 4.78 is 24.1. The molecule has 1 aromatic carbocycles. The van der Waals surface area contributed by atoms with Gasteiger partial charge in [-0.05, 0) is 24.1 Å². The molecule has 2 aromatic heterocycles. The lowest BCUT2D eigenvalue weighted by Crippen LogP contribution is -2.33. The van der Waals surface area contributed by atoms with Crippen LogP contribution in [0.15, 0.2) is 30.9 Å². The second-order valence-electron chi connectivity index (χ2n) is 9.27. The second-order valence-corrected chi connectivity index (χ2v) is 9.27. The van der Waals surface area contributed by atoms with Gasteiger partial charge in [0.2, 0.25) is 0 Å². The van der Waals surface area contributed by atoms with Crippen LogP contribution in [0.1, 0.15) is 57.2 Å². The van der Waals surface area contributed by atoms with Gasteiger partial charge in [-0.3, -0.25) is 9.36 Å². The SMILES string of the molecule is CCCCCCCC(=O)Oc1ccc(COC[C@H]2O[C@@H](n3cnc4c(N)ncnc43)[C@H](O)[C@@H]2O)cc1OC. The van der Waals surface area contributed by atoms with Crippen molar-refractivity contribution in [2.45, 2.75) is 76.6 Å². The number of nitrogens with zero attached hydrogens (tertiary/aromatic N) is 4. The van der Waals surface area contributed by atoms with Gasteiger partial charge >= 0.3 is 5.97 Å². The van der Waals surface area contributed by atoms with Gasteiger partial charge in [0.15, 0.2) is 29.2 Å². The number of esters is 1. The van der Waals surface area contributed by atoms with Crippen molar-refractivity contribution in [3.63, 3.8) is 0 Å². The molecule has 0 radical (unpaired) electrons. The minimum absolute atomic E-state index is 0.0234. The average molecular weight is 530 g/mol. The Morgan fingerprint density at radius 1 is 1.11 bits per heavy atom. The van der Waals surface area contributed by atoms with Crippen molar-refractivity contribution in [2.24, 2.45) is 0 Å². The number of ether oxygens (including phenoxy) is 4. The first kappa shape index (κ1) is 27.7. The number of benzene rings is 1. The highest BCUT2D eigenvalue weighted by atomic mass is 16.6. The zero-order valence-corrected chi connectivity index (χ0v) is 21.7. The van der Waals surface area contributed by atoms with Gasteiger partial charge < -0.3 is 34.9 Å². The number of carbonyl (C=O) groups is 1. The number of imidazole rings is 1. The Hall–Kier alpha value is -3.32. The van der Waals surface area contributed by atoms with Crippen LogP contribution in [-0.2, 0) is 20.9 Å². The molecule has 0 saturated carbocycles. The maximum Gasteiger partial charge on any atom is 0.311 e. The van der Waals surface area contributed by atoms with Gasteiger partial charge in [0.1, 0.15) is 30.2 Å². The number of fused-ring (bicyclic) bond motifs is 1. The number of methoxy groups -OCH3 is 1. The molecule has 38 heavy (non-hydrogen) atoms. The molecule has 12 heteroatoms. The summed E-state index contributed by atoms with van der Waals surface area (Å²) in [5.74, 6) is 0.697. The summed E-state index contributed by atoms with van der Waals surface area (Å²) >= 11 is 0. The number of carbonyl (C=O) groups excluding carboxylic acids is 1. The third-order valence-electron chi connectivity index (χ3n) is 6.49. The Balaban J connectivity index is 1.29. The second kappa shape index (κ2) is 13.0. The van der Waals surface area contributed by atoms with E-state index >= 15 is 0 Å². The lowest BCUT2D eigenvalue weighted by Gasteiger charge is -2.16. The molecule has 1 aliphatic rings. The highest BCUT2D eigenvalue weighted by Crippen LogP contribution is 2.33. The van der Waals surface area contributed by atoms with Crippen molar-refractivity contribution in [1.29, 1.82) is 0 Å². The van der Waals surface area contributed by atoms with E-state index in [9.17, 15) is 15.0 Å². The molecule has 1 saturated heterocycles. The summed E-state index contributed by atoms with van der Waals surface area (Å²) in [5.41, 5.74) is 7.38. The highest BCUT2D eigenvalue weighted by molar-refractivity contribution is 5.81. The van der Waals surface area contributed by atoms with Crippen LogP contribution in [0.3, 0.4) is 0 Å². The molecule has 4 N–H and O–H groups in total. The standard InChI is InChI=1S/C26H35N5O7/c1-3-4-5-6-7-8-20(32)37-17-10-9-16(11-18(17)35-2)12-36-13-19-22(33)23(34)26(38-19)31-15-30-21-24(27)28-14-29-25(21)31/h9-11,14-15,19,22-23,26,33-34H,3-8,12-13H2,1-2H3,(H2,27,28,29)/t19-,22-,23-,26-/m1/s1. The number of aliphatic hydroxyl groups excluding tert-OH is 2. The Bertz CT molecular complexity index is 1220. The molecule has 1 fully saturated rings. The fraction of sp³-hybridized carbons (Fsp3) is 0.538. The molecule has 0 amide bonds. The van der Waals surface area contributed by atoms with E-state index in [-0.39, 0.29) is 25.0 Å². The van der Waals surface area contributed by atoms with Crippen LogP contribution in [0.2, 0.25) is 0 Å². The van der Waals surface area contributed by atoms with E-state index in [1.165, 1.54) is 30.8 Å². The van der Waals surface area contributed by atoms with Gasteiger partial charge in [-0.25, -0.2) is 15.0 Å². The molecule has 0 bridgehead atoms. The molecule has 4 atom stereocenters. The number of hydrogen-bond donors (Lipinski definition) is 3. The van der Waals surface area contributed by atoms with Crippen LogP contribution in [0.4, 0.5) is 5.82 Å². The minimum atomic E-state index is -1.22. The summed E-state index contributed by atoms with van der Waals surface area (Å²) in [6, 6.07) is 5.18. The molecule has 0 aliphatic carbocycles. The molecule has 12 nitrogen and oxygen atoms in total. The fourth-order valence-corrected chi connectivity index (χ4v) is 4.38. The van der Waals surface area contributed by atoms with Crippen LogP contribution >= 0.6 is 0 Å². The Morgan fingerprint density at radius 2 is 1.92 bits per heavy atom. The van der Waals surface area contributed by atoms with E-state index in [1.807, 2.05) is 0 Å². The number of nitrogen functional groups attached to an aromatic ring is 1. The summed E-state index contributed by atoms with van der Waals surface area (Å²) in [6.45, 7) is 2.36. The van der Waals surface area contributed by atoms with Crippen molar-refractivity contribution in [3.05, 3.63) is 36.4 Å². The fourth-order valence-electron chi connectivity index (χ4n) is 4.38. The highest BCUT2D eigenvalue weighted by Gasteiger charge is 2.44. The predicted molar refractivity (Wildman–Crippen MR) is 137 cm³/mol. The largest absolute Gasteiger partial charge is 0.493 e. The number of rotatable bonds is 13. The molecule has 1 aliphatic heterocycles. The van der Waals surface area contributed by atoms with Crippen molar-refractivity contribution >= 4 is 23.0 Å². The monoisotopic (exact) mass is 529 g/mol. The molecular weight excluding hydrogens is 494 g/mol. The number of nitrogens with two attached hydrogens (primary N) is 1. The first-order chi connectivity index (χ1) is 18.4. The van der Waals surface area contributed by atoms with Crippen LogP contribution in [0.25, 0.3) is 11.2 Å². The van der Waals surface area contributed by atoms with Crippen molar-refractivity contribution in [3.8, 4) is 11.5 Å². The molecule has 0 unspecified atom stereocenters. The molecule has 4 rings (SSSR count). The van der Waals surface area contributed by atoms with Gasteiger partial charge in [-0.15, -0.1) is 0 Å². The summed E-state index contributed by atoms with van der Waals surface area (Å²) in [6.07, 6.45) is 4.24. The van der Waals surface area contributed by atoms with E-state index in [0.29, 0.717) is 29.1 Å². The lowest BCUT2D eigenvalue weighted by atomic mass is 10.1. The van der Waals surface area contributed by atoms with Gasteiger partial charge in [-0.2, -0.15) is 0 Å². The smallest absolute Gasteiger partial charge is 0.311 e. The maximum atomic E-state index is 12.2. The van der Waals surface area contributed by atoms with E-state index in [0.717, 1.165) is 31.2 Å². The maximum absolute atomic E-state index is 12.2. The van der Waals surface area contributed by atoms with E-state index < -0.39 is 24.5 Å². The third kappa shape index (κ3) is 6.38. The molecule has 3 aromatic rings. The van der Waals surface area contributed by atoms with Crippen molar-refractivity contribution in [2.75, 3.05) is 19.5 Å². The van der Waals surface area contributed by atoms with E-state index in [2.05, 4.69) is 21.9 Å². The number of aromatic nitrogens is 4.